The molecule has 0 atom stereocenters. The van der Waals surface area contributed by atoms with E-state index in [1.54, 1.807) is 12.1 Å². The SMILES string of the molecule is CCn1c(CNC(=O)c2ccccc2)nnc1SCC(=O)Nc1sc2c(c1C#N)CCCC2. The highest BCUT2D eigenvalue weighted by Gasteiger charge is 2.22. The van der Waals surface area contributed by atoms with Crippen LogP contribution >= 0.6 is 23.1 Å². The molecule has 0 radical (unpaired) electrons. The number of aromatic nitrogens is 3. The van der Waals surface area contributed by atoms with E-state index in [-0.39, 0.29) is 24.1 Å². The summed E-state index contributed by atoms with van der Waals surface area (Å²) in [5.74, 6) is 0.422. The van der Waals surface area contributed by atoms with Crippen LogP contribution in [-0.2, 0) is 30.7 Å². The van der Waals surface area contributed by atoms with Crippen molar-refractivity contribution in [1.82, 2.24) is 20.1 Å². The van der Waals surface area contributed by atoms with Crippen LogP contribution in [0.4, 0.5) is 5.00 Å². The standard InChI is InChI=1S/C23H24N6O2S2/c1-2-29-19(13-25-21(31)15-8-4-3-5-9-15)27-28-23(29)32-14-20(30)26-22-17(12-24)16-10-6-7-11-18(16)33-22/h3-5,8-9H,2,6-7,10-11,13-14H2,1H3,(H,25,31)(H,26,30). The van der Waals surface area contributed by atoms with Crippen molar-refractivity contribution in [3.63, 3.8) is 0 Å². The van der Waals surface area contributed by atoms with Crippen LogP contribution < -0.4 is 10.6 Å². The number of aryl methyl sites for hydroxylation is 1. The number of carbonyl (C=O) groups is 2. The number of amides is 2. The highest BCUT2D eigenvalue weighted by atomic mass is 32.2. The third-order valence-corrected chi connectivity index (χ3v) is 7.60. The van der Waals surface area contributed by atoms with Crippen molar-refractivity contribution < 1.29 is 9.59 Å². The van der Waals surface area contributed by atoms with Gasteiger partial charge < -0.3 is 15.2 Å². The molecule has 0 fully saturated rings. The molecule has 10 heteroatoms. The van der Waals surface area contributed by atoms with E-state index < -0.39 is 0 Å². The summed E-state index contributed by atoms with van der Waals surface area (Å²) >= 11 is 2.80. The minimum Gasteiger partial charge on any atom is -0.345 e. The van der Waals surface area contributed by atoms with Gasteiger partial charge in [0.1, 0.15) is 11.1 Å². The number of nitrogens with zero attached hydrogens (tertiary/aromatic N) is 4. The van der Waals surface area contributed by atoms with E-state index in [1.165, 1.54) is 28.0 Å². The summed E-state index contributed by atoms with van der Waals surface area (Å²) in [6, 6.07) is 11.3. The first-order chi connectivity index (χ1) is 16.1. The third-order valence-electron chi connectivity index (χ3n) is 5.42. The number of thioether (sulfide) groups is 1. The second-order valence-electron chi connectivity index (χ2n) is 7.56. The second kappa shape index (κ2) is 10.6. The highest BCUT2D eigenvalue weighted by molar-refractivity contribution is 7.99. The Hall–Kier alpha value is -3.16. The molecule has 0 saturated carbocycles. The minimum absolute atomic E-state index is 0.155. The molecule has 0 spiro atoms. The molecule has 1 aliphatic rings. The summed E-state index contributed by atoms with van der Waals surface area (Å²) in [6.07, 6.45) is 4.09. The Morgan fingerprint density at radius 2 is 2.00 bits per heavy atom. The molecule has 0 unspecified atom stereocenters. The van der Waals surface area contributed by atoms with E-state index in [0.29, 0.717) is 33.7 Å². The van der Waals surface area contributed by atoms with Crippen molar-refractivity contribution in [2.75, 3.05) is 11.1 Å². The van der Waals surface area contributed by atoms with Crippen LogP contribution in [0.5, 0.6) is 0 Å². The smallest absolute Gasteiger partial charge is 0.251 e. The largest absolute Gasteiger partial charge is 0.345 e. The number of hydrogen-bond acceptors (Lipinski definition) is 7. The lowest BCUT2D eigenvalue weighted by molar-refractivity contribution is -0.113. The maximum atomic E-state index is 12.6. The molecule has 0 bridgehead atoms. The van der Waals surface area contributed by atoms with Gasteiger partial charge in [-0.1, -0.05) is 30.0 Å². The molecule has 1 aliphatic carbocycles. The van der Waals surface area contributed by atoms with E-state index >= 15 is 0 Å². The van der Waals surface area contributed by atoms with Gasteiger partial charge in [-0.05, 0) is 50.3 Å². The van der Waals surface area contributed by atoms with Crippen molar-refractivity contribution in [3.8, 4) is 6.07 Å². The number of benzene rings is 1. The topological polar surface area (TPSA) is 113 Å². The van der Waals surface area contributed by atoms with E-state index in [9.17, 15) is 14.9 Å². The predicted octanol–water partition coefficient (Wildman–Crippen LogP) is 3.77. The normalized spacial score (nSPS) is 12.6. The molecular weight excluding hydrogens is 456 g/mol. The predicted molar refractivity (Wildman–Crippen MR) is 128 cm³/mol. The number of nitriles is 1. The Labute approximate surface area is 200 Å². The molecule has 1 aromatic carbocycles. The summed E-state index contributed by atoms with van der Waals surface area (Å²) in [7, 11) is 0. The molecule has 2 aromatic heterocycles. The molecule has 2 N–H and O–H groups in total. The van der Waals surface area contributed by atoms with Crippen molar-refractivity contribution >= 4 is 39.9 Å². The number of nitrogens with one attached hydrogen (secondary N) is 2. The van der Waals surface area contributed by atoms with Crippen LogP contribution in [0.25, 0.3) is 0 Å². The van der Waals surface area contributed by atoms with Crippen molar-refractivity contribution in [1.29, 1.82) is 5.26 Å². The van der Waals surface area contributed by atoms with E-state index in [0.717, 1.165) is 31.2 Å². The molecule has 8 nitrogen and oxygen atoms in total. The fourth-order valence-corrected chi connectivity index (χ4v) is 5.87. The van der Waals surface area contributed by atoms with E-state index in [2.05, 4.69) is 26.9 Å². The zero-order valence-electron chi connectivity index (χ0n) is 18.3. The number of carbonyl (C=O) groups excluding carboxylic acids is 2. The number of anilines is 1. The Balaban J connectivity index is 1.35. The molecule has 4 rings (SSSR count). The van der Waals surface area contributed by atoms with Gasteiger partial charge in [0, 0.05) is 17.0 Å². The second-order valence-corrected chi connectivity index (χ2v) is 9.60. The first-order valence-corrected chi connectivity index (χ1v) is 12.6. The first kappa shape index (κ1) is 23.0. The van der Waals surface area contributed by atoms with Gasteiger partial charge in [-0.15, -0.1) is 21.5 Å². The molecule has 2 amide bonds. The van der Waals surface area contributed by atoms with Gasteiger partial charge in [0.15, 0.2) is 11.0 Å². The number of thiophene rings is 1. The van der Waals surface area contributed by atoms with Crippen LogP contribution in [0, 0.1) is 11.3 Å². The fraction of sp³-hybridized carbons (Fsp3) is 0.348. The summed E-state index contributed by atoms with van der Waals surface area (Å²) in [5.41, 5.74) is 2.30. The van der Waals surface area contributed by atoms with Gasteiger partial charge in [-0.2, -0.15) is 5.26 Å². The van der Waals surface area contributed by atoms with Crippen LogP contribution in [-0.4, -0.2) is 32.3 Å². The van der Waals surface area contributed by atoms with Gasteiger partial charge in [-0.3, -0.25) is 9.59 Å². The monoisotopic (exact) mass is 480 g/mol. The van der Waals surface area contributed by atoms with Gasteiger partial charge in [0.25, 0.3) is 5.91 Å². The Morgan fingerprint density at radius 1 is 1.21 bits per heavy atom. The Kier molecular flexibility index (Phi) is 7.42. The van der Waals surface area contributed by atoms with Crippen LogP contribution in [0.15, 0.2) is 35.5 Å². The molecule has 170 valence electrons. The minimum atomic E-state index is -0.181. The average molecular weight is 481 g/mol. The quantitative estimate of drug-likeness (QED) is 0.475. The molecule has 2 heterocycles. The molecule has 33 heavy (non-hydrogen) atoms. The third kappa shape index (κ3) is 5.26. The van der Waals surface area contributed by atoms with Crippen molar-refractivity contribution in [2.24, 2.45) is 0 Å². The Bertz CT molecular complexity index is 1200. The zero-order chi connectivity index (χ0) is 23.2. The maximum Gasteiger partial charge on any atom is 0.251 e. The van der Waals surface area contributed by atoms with Crippen molar-refractivity contribution in [2.45, 2.75) is 50.9 Å². The summed E-state index contributed by atoms with van der Waals surface area (Å²) in [6.45, 7) is 2.82. The highest BCUT2D eigenvalue weighted by Crippen LogP contribution is 2.37. The fourth-order valence-electron chi connectivity index (χ4n) is 3.79. The lowest BCUT2D eigenvalue weighted by Crippen LogP contribution is -2.24. The maximum absolute atomic E-state index is 12.6. The lowest BCUT2D eigenvalue weighted by Gasteiger charge is -2.09. The van der Waals surface area contributed by atoms with Crippen LogP contribution in [0.2, 0.25) is 0 Å². The molecule has 0 saturated heterocycles. The molecule has 3 aromatic rings. The molecule has 0 aliphatic heterocycles. The van der Waals surface area contributed by atoms with Gasteiger partial charge >= 0.3 is 0 Å². The summed E-state index contributed by atoms with van der Waals surface area (Å²) in [5, 5.41) is 25.0. The van der Waals surface area contributed by atoms with Gasteiger partial charge in [0.05, 0.1) is 17.9 Å². The summed E-state index contributed by atoms with van der Waals surface area (Å²) < 4.78 is 1.88. The molecular formula is C23H24N6O2S2. The van der Waals surface area contributed by atoms with Gasteiger partial charge in [0.2, 0.25) is 5.91 Å². The first-order valence-electron chi connectivity index (χ1n) is 10.8. The van der Waals surface area contributed by atoms with E-state index in [1.807, 2.05) is 29.7 Å². The Morgan fingerprint density at radius 3 is 2.76 bits per heavy atom. The van der Waals surface area contributed by atoms with E-state index in [4.69, 9.17) is 0 Å². The average Bonchev–Trinajstić information content (AvgIpc) is 3.41. The van der Waals surface area contributed by atoms with Crippen LogP contribution in [0.3, 0.4) is 0 Å². The van der Waals surface area contributed by atoms with Gasteiger partial charge in [-0.25, -0.2) is 0 Å². The van der Waals surface area contributed by atoms with Crippen LogP contribution in [0.1, 0.15) is 52.0 Å². The number of fused-ring (bicyclic) bond motifs is 1. The lowest BCUT2D eigenvalue weighted by atomic mass is 9.96. The number of hydrogen-bond donors (Lipinski definition) is 2. The number of rotatable bonds is 8. The van der Waals surface area contributed by atoms with Crippen molar-refractivity contribution in [3.05, 3.63) is 57.7 Å². The summed E-state index contributed by atoms with van der Waals surface area (Å²) in [4.78, 5) is 26.1. The zero-order valence-corrected chi connectivity index (χ0v) is 19.9.